The first-order valence-electron chi connectivity index (χ1n) is 7.33. The summed E-state index contributed by atoms with van der Waals surface area (Å²) in [5.74, 6) is 0.764. The standard InChI is InChI=1S/C17H18N2O3/c1-18(12-15-7-4-10-22-15)17(21)13-5-2-6-14(11-13)19-9-3-8-16(19)20/h2,4-7,10-11H,3,8-9,12H2,1H3. The second-order valence-electron chi connectivity index (χ2n) is 5.44. The zero-order valence-electron chi connectivity index (χ0n) is 12.5. The van der Waals surface area contributed by atoms with Gasteiger partial charge in [0.1, 0.15) is 5.76 Å². The number of carbonyl (C=O) groups excluding carboxylic acids is 2. The fraction of sp³-hybridized carbons (Fsp3) is 0.294. The lowest BCUT2D eigenvalue weighted by atomic mass is 10.1. The van der Waals surface area contributed by atoms with Crippen LogP contribution in [0.2, 0.25) is 0 Å². The average Bonchev–Trinajstić information content (AvgIpc) is 3.18. The molecule has 0 unspecified atom stereocenters. The van der Waals surface area contributed by atoms with Crippen LogP contribution in [0.1, 0.15) is 29.0 Å². The molecule has 0 bridgehead atoms. The van der Waals surface area contributed by atoms with Crippen molar-refractivity contribution >= 4 is 17.5 Å². The molecule has 1 fully saturated rings. The van der Waals surface area contributed by atoms with Crippen LogP contribution < -0.4 is 4.90 Å². The summed E-state index contributed by atoms with van der Waals surface area (Å²) in [4.78, 5) is 27.7. The van der Waals surface area contributed by atoms with Crippen molar-refractivity contribution in [1.29, 1.82) is 0 Å². The molecule has 0 N–H and O–H groups in total. The van der Waals surface area contributed by atoms with Gasteiger partial charge >= 0.3 is 0 Å². The van der Waals surface area contributed by atoms with Crippen LogP contribution in [-0.2, 0) is 11.3 Å². The summed E-state index contributed by atoms with van der Waals surface area (Å²) in [6.45, 7) is 1.14. The van der Waals surface area contributed by atoms with Crippen LogP contribution in [0.15, 0.2) is 47.1 Å². The highest BCUT2D eigenvalue weighted by Gasteiger charge is 2.22. The first kappa shape index (κ1) is 14.4. The van der Waals surface area contributed by atoms with Crippen LogP contribution >= 0.6 is 0 Å². The largest absolute Gasteiger partial charge is 0.467 e. The number of hydrogen-bond acceptors (Lipinski definition) is 3. The molecule has 5 heteroatoms. The average molecular weight is 298 g/mol. The number of nitrogens with zero attached hydrogens (tertiary/aromatic N) is 2. The molecule has 5 nitrogen and oxygen atoms in total. The second kappa shape index (κ2) is 6.05. The number of furan rings is 1. The zero-order chi connectivity index (χ0) is 15.5. The molecule has 1 saturated heterocycles. The van der Waals surface area contributed by atoms with Crippen LogP contribution in [-0.4, -0.2) is 30.3 Å². The van der Waals surface area contributed by atoms with E-state index in [0.717, 1.165) is 24.4 Å². The van der Waals surface area contributed by atoms with Crippen molar-refractivity contribution in [3.05, 3.63) is 54.0 Å². The van der Waals surface area contributed by atoms with Crippen molar-refractivity contribution in [1.82, 2.24) is 4.90 Å². The van der Waals surface area contributed by atoms with E-state index in [1.165, 1.54) is 0 Å². The Hall–Kier alpha value is -2.56. The molecule has 2 heterocycles. The molecule has 0 aliphatic carbocycles. The number of hydrogen-bond donors (Lipinski definition) is 0. The van der Waals surface area contributed by atoms with Crippen molar-refractivity contribution in [2.24, 2.45) is 0 Å². The van der Waals surface area contributed by atoms with Crippen molar-refractivity contribution in [3.63, 3.8) is 0 Å². The predicted octanol–water partition coefficient (Wildman–Crippen LogP) is 2.68. The van der Waals surface area contributed by atoms with E-state index < -0.39 is 0 Å². The number of rotatable bonds is 4. The van der Waals surface area contributed by atoms with Gasteiger partial charge in [0.15, 0.2) is 0 Å². The van der Waals surface area contributed by atoms with Crippen LogP contribution in [0, 0.1) is 0 Å². The molecule has 1 aromatic carbocycles. The van der Waals surface area contributed by atoms with Gasteiger partial charge < -0.3 is 14.2 Å². The minimum absolute atomic E-state index is 0.0927. The van der Waals surface area contributed by atoms with Crippen molar-refractivity contribution in [3.8, 4) is 0 Å². The number of benzene rings is 1. The van der Waals surface area contributed by atoms with Gasteiger partial charge in [-0.3, -0.25) is 9.59 Å². The molecule has 0 atom stereocenters. The Balaban J connectivity index is 1.76. The van der Waals surface area contributed by atoms with Gasteiger partial charge in [0.2, 0.25) is 5.91 Å². The van der Waals surface area contributed by atoms with Crippen molar-refractivity contribution < 1.29 is 14.0 Å². The Morgan fingerprint density at radius 2 is 2.18 bits per heavy atom. The molecule has 0 spiro atoms. The molecule has 0 radical (unpaired) electrons. The number of amides is 2. The monoisotopic (exact) mass is 298 g/mol. The Morgan fingerprint density at radius 1 is 1.32 bits per heavy atom. The third kappa shape index (κ3) is 2.88. The van der Waals surface area contributed by atoms with Crippen LogP contribution in [0.3, 0.4) is 0 Å². The Kier molecular flexibility index (Phi) is 3.96. The van der Waals surface area contributed by atoms with Crippen LogP contribution in [0.4, 0.5) is 5.69 Å². The fourth-order valence-corrected chi connectivity index (χ4v) is 2.66. The Bertz CT molecular complexity index is 679. The van der Waals surface area contributed by atoms with Crippen molar-refractivity contribution in [2.75, 3.05) is 18.5 Å². The summed E-state index contributed by atoms with van der Waals surface area (Å²) in [6.07, 6.45) is 3.04. The quantitative estimate of drug-likeness (QED) is 0.872. The highest BCUT2D eigenvalue weighted by atomic mass is 16.3. The highest BCUT2D eigenvalue weighted by molar-refractivity contribution is 5.98. The van der Waals surface area contributed by atoms with E-state index in [9.17, 15) is 9.59 Å². The SMILES string of the molecule is CN(Cc1ccco1)C(=O)c1cccc(N2CCCC2=O)c1. The molecule has 1 aliphatic rings. The van der Waals surface area contributed by atoms with Gasteiger partial charge in [0.25, 0.3) is 5.91 Å². The van der Waals surface area contributed by atoms with E-state index >= 15 is 0 Å². The van der Waals surface area contributed by atoms with Crippen LogP contribution in [0.25, 0.3) is 0 Å². The van der Waals surface area contributed by atoms with Gasteiger partial charge in [0.05, 0.1) is 12.8 Å². The summed E-state index contributed by atoms with van der Waals surface area (Å²) < 4.78 is 5.26. The molecule has 1 aliphatic heterocycles. The lowest BCUT2D eigenvalue weighted by Gasteiger charge is -2.19. The summed E-state index contributed by atoms with van der Waals surface area (Å²) >= 11 is 0. The van der Waals surface area contributed by atoms with Gasteiger partial charge in [-0.2, -0.15) is 0 Å². The minimum Gasteiger partial charge on any atom is -0.467 e. The summed E-state index contributed by atoms with van der Waals surface area (Å²) in [7, 11) is 1.73. The highest BCUT2D eigenvalue weighted by Crippen LogP contribution is 2.23. The first-order chi connectivity index (χ1) is 10.6. The van der Waals surface area contributed by atoms with Gasteiger partial charge in [-0.1, -0.05) is 6.07 Å². The van der Waals surface area contributed by atoms with E-state index in [1.54, 1.807) is 41.3 Å². The van der Waals surface area contributed by atoms with E-state index in [-0.39, 0.29) is 11.8 Å². The zero-order valence-corrected chi connectivity index (χ0v) is 12.5. The molecule has 1 aromatic heterocycles. The molecular formula is C17H18N2O3. The maximum atomic E-state index is 12.5. The van der Waals surface area contributed by atoms with Gasteiger partial charge in [0, 0.05) is 31.3 Å². The number of anilines is 1. The fourth-order valence-electron chi connectivity index (χ4n) is 2.66. The third-order valence-corrected chi connectivity index (χ3v) is 3.80. The van der Waals surface area contributed by atoms with E-state index in [4.69, 9.17) is 4.42 Å². The Labute approximate surface area is 129 Å². The molecule has 2 aromatic rings. The van der Waals surface area contributed by atoms with E-state index in [0.29, 0.717) is 18.5 Å². The van der Waals surface area contributed by atoms with Gasteiger partial charge in [-0.05, 0) is 36.8 Å². The second-order valence-corrected chi connectivity index (χ2v) is 5.44. The third-order valence-electron chi connectivity index (χ3n) is 3.80. The van der Waals surface area contributed by atoms with E-state index in [1.807, 2.05) is 18.2 Å². The van der Waals surface area contributed by atoms with Crippen molar-refractivity contribution in [2.45, 2.75) is 19.4 Å². The normalized spacial score (nSPS) is 14.4. The van der Waals surface area contributed by atoms with Gasteiger partial charge in [-0.15, -0.1) is 0 Å². The first-order valence-corrected chi connectivity index (χ1v) is 7.33. The maximum Gasteiger partial charge on any atom is 0.254 e. The molecule has 22 heavy (non-hydrogen) atoms. The molecule has 3 rings (SSSR count). The van der Waals surface area contributed by atoms with Crippen LogP contribution in [0.5, 0.6) is 0 Å². The molecule has 0 saturated carbocycles. The minimum atomic E-state index is -0.0927. The lowest BCUT2D eigenvalue weighted by Crippen LogP contribution is -2.27. The van der Waals surface area contributed by atoms with Gasteiger partial charge in [-0.25, -0.2) is 0 Å². The lowest BCUT2D eigenvalue weighted by molar-refractivity contribution is -0.117. The topological polar surface area (TPSA) is 53.8 Å². The summed E-state index contributed by atoms with van der Waals surface area (Å²) in [5, 5.41) is 0. The molecular weight excluding hydrogens is 280 g/mol. The molecule has 2 amide bonds. The summed E-state index contributed by atoms with van der Waals surface area (Å²) in [6, 6.07) is 10.9. The molecule has 114 valence electrons. The Morgan fingerprint density at radius 3 is 2.86 bits per heavy atom. The predicted molar refractivity (Wildman–Crippen MR) is 82.5 cm³/mol. The smallest absolute Gasteiger partial charge is 0.254 e. The number of carbonyl (C=O) groups is 2. The van der Waals surface area contributed by atoms with E-state index in [2.05, 4.69) is 0 Å². The summed E-state index contributed by atoms with van der Waals surface area (Å²) in [5.41, 5.74) is 1.37. The maximum absolute atomic E-state index is 12.5.